The van der Waals surface area contributed by atoms with E-state index in [2.05, 4.69) is 0 Å². The van der Waals surface area contributed by atoms with Crippen molar-refractivity contribution in [2.24, 2.45) is 0 Å². The van der Waals surface area contributed by atoms with Gasteiger partial charge in [0, 0.05) is 6.54 Å². The van der Waals surface area contributed by atoms with Crippen molar-refractivity contribution < 1.29 is 14.7 Å². The molecule has 0 fully saturated rings. The Morgan fingerprint density at radius 1 is 1.15 bits per heavy atom. The van der Waals surface area contributed by atoms with Crippen LogP contribution in [-0.4, -0.2) is 35.0 Å². The highest BCUT2D eigenvalue weighted by molar-refractivity contribution is 5.86. The molecule has 1 aromatic rings. The quantitative estimate of drug-likeness (QED) is 0.795. The van der Waals surface area contributed by atoms with Crippen LogP contribution in [0.25, 0.3) is 0 Å². The SMILES string of the molecule is CCCC(C(=O)N(CCC)CC(=O)O)c1ccccc1. The molecule has 0 aromatic heterocycles. The Bertz CT molecular complexity index is 431. The highest BCUT2D eigenvalue weighted by Gasteiger charge is 2.25. The maximum atomic E-state index is 12.6. The predicted octanol–water partition coefficient (Wildman–Crippen LogP) is 2.89. The van der Waals surface area contributed by atoms with Gasteiger partial charge < -0.3 is 10.0 Å². The fraction of sp³-hybridized carbons (Fsp3) is 0.500. The number of benzene rings is 1. The molecule has 0 saturated carbocycles. The monoisotopic (exact) mass is 277 g/mol. The van der Waals surface area contributed by atoms with Crippen LogP contribution in [0.4, 0.5) is 0 Å². The zero-order valence-electron chi connectivity index (χ0n) is 12.2. The molecule has 0 aliphatic rings. The lowest BCUT2D eigenvalue weighted by Crippen LogP contribution is -2.39. The summed E-state index contributed by atoms with van der Waals surface area (Å²) in [7, 11) is 0. The molecule has 1 unspecified atom stereocenters. The van der Waals surface area contributed by atoms with Gasteiger partial charge in [-0.1, -0.05) is 50.6 Å². The third kappa shape index (κ3) is 4.68. The van der Waals surface area contributed by atoms with Crippen molar-refractivity contribution >= 4 is 11.9 Å². The minimum Gasteiger partial charge on any atom is -0.480 e. The van der Waals surface area contributed by atoms with Crippen molar-refractivity contribution in [3.8, 4) is 0 Å². The molecule has 0 radical (unpaired) electrons. The first-order valence-corrected chi connectivity index (χ1v) is 7.15. The average molecular weight is 277 g/mol. The Kier molecular flexibility index (Phi) is 6.77. The fourth-order valence-electron chi connectivity index (χ4n) is 2.33. The van der Waals surface area contributed by atoms with Crippen molar-refractivity contribution in [1.82, 2.24) is 4.90 Å². The van der Waals surface area contributed by atoms with Crippen LogP contribution in [0.3, 0.4) is 0 Å². The lowest BCUT2D eigenvalue weighted by Gasteiger charge is -2.26. The van der Waals surface area contributed by atoms with Gasteiger partial charge in [0.25, 0.3) is 0 Å². The molecule has 0 spiro atoms. The van der Waals surface area contributed by atoms with Gasteiger partial charge in [0.1, 0.15) is 6.54 Å². The normalized spacial score (nSPS) is 11.9. The van der Waals surface area contributed by atoms with E-state index < -0.39 is 5.97 Å². The summed E-state index contributed by atoms with van der Waals surface area (Å²) in [6.07, 6.45) is 2.38. The number of carboxylic acid groups (broad SMARTS) is 1. The molecular weight excluding hydrogens is 254 g/mol. The Labute approximate surface area is 120 Å². The third-order valence-electron chi connectivity index (χ3n) is 3.21. The number of rotatable bonds is 8. The van der Waals surface area contributed by atoms with Gasteiger partial charge in [0.2, 0.25) is 5.91 Å². The Hall–Kier alpha value is -1.84. The molecule has 1 N–H and O–H groups in total. The van der Waals surface area contributed by atoms with Crippen molar-refractivity contribution in [3.63, 3.8) is 0 Å². The van der Waals surface area contributed by atoms with E-state index in [4.69, 9.17) is 5.11 Å². The van der Waals surface area contributed by atoms with Crippen LogP contribution in [0.5, 0.6) is 0 Å². The summed E-state index contributed by atoms with van der Waals surface area (Å²) in [6, 6.07) is 9.60. The molecule has 110 valence electrons. The maximum absolute atomic E-state index is 12.6. The zero-order chi connectivity index (χ0) is 15.0. The molecule has 0 heterocycles. The highest BCUT2D eigenvalue weighted by atomic mass is 16.4. The second-order valence-electron chi connectivity index (χ2n) is 4.91. The van der Waals surface area contributed by atoms with E-state index in [9.17, 15) is 9.59 Å². The summed E-state index contributed by atoms with van der Waals surface area (Å²) < 4.78 is 0. The average Bonchev–Trinajstić information content (AvgIpc) is 2.44. The first kappa shape index (κ1) is 16.2. The molecule has 4 heteroatoms. The van der Waals surface area contributed by atoms with E-state index in [-0.39, 0.29) is 18.4 Å². The molecule has 0 aliphatic heterocycles. The van der Waals surface area contributed by atoms with Crippen molar-refractivity contribution in [3.05, 3.63) is 35.9 Å². The standard InChI is InChI=1S/C16H23NO3/c1-3-8-14(13-9-6-5-7-10-13)16(20)17(11-4-2)12-15(18)19/h5-7,9-10,14H,3-4,8,11-12H2,1-2H3,(H,18,19). The van der Waals surface area contributed by atoms with E-state index in [0.717, 1.165) is 24.8 Å². The van der Waals surface area contributed by atoms with Crippen LogP contribution in [0.15, 0.2) is 30.3 Å². The van der Waals surface area contributed by atoms with Gasteiger partial charge in [-0.05, 0) is 18.4 Å². The molecular formula is C16H23NO3. The molecule has 0 saturated heterocycles. The van der Waals surface area contributed by atoms with Gasteiger partial charge in [-0.2, -0.15) is 0 Å². The number of carboxylic acids is 1. The number of carbonyl (C=O) groups is 2. The van der Waals surface area contributed by atoms with Crippen LogP contribution in [0.1, 0.15) is 44.6 Å². The Morgan fingerprint density at radius 3 is 2.30 bits per heavy atom. The largest absolute Gasteiger partial charge is 0.480 e. The van der Waals surface area contributed by atoms with Gasteiger partial charge in [-0.25, -0.2) is 0 Å². The van der Waals surface area contributed by atoms with Crippen molar-refractivity contribution in [1.29, 1.82) is 0 Å². The van der Waals surface area contributed by atoms with Crippen LogP contribution < -0.4 is 0 Å². The number of nitrogens with zero attached hydrogens (tertiary/aromatic N) is 1. The predicted molar refractivity (Wildman–Crippen MR) is 78.6 cm³/mol. The van der Waals surface area contributed by atoms with Crippen LogP contribution in [0.2, 0.25) is 0 Å². The van der Waals surface area contributed by atoms with E-state index >= 15 is 0 Å². The molecule has 4 nitrogen and oxygen atoms in total. The number of hydrogen-bond acceptors (Lipinski definition) is 2. The van der Waals surface area contributed by atoms with Gasteiger partial charge in [0.05, 0.1) is 5.92 Å². The molecule has 1 rings (SSSR count). The van der Waals surface area contributed by atoms with E-state index in [0.29, 0.717) is 6.54 Å². The molecule has 1 aromatic carbocycles. The maximum Gasteiger partial charge on any atom is 0.323 e. The summed E-state index contributed by atoms with van der Waals surface area (Å²) in [5.74, 6) is -1.29. The summed E-state index contributed by atoms with van der Waals surface area (Å²) in [5.41, 5.74) is 0.964. The lowest BCUT2D eigenvalue weighted by atomic mass is 9.93. The van der Waals surface area contributed by atoms with Gasteiger partial charge in [0.15, 0.2) is 0 Å². The van der Waals surface area contributed by atoms with E-state index in [1.807, 2.05) is 44.2 Å². The number of aliphatic carboxylic acids is 1. The van der Waals surface area contributed by atoms with Gasteiger partial charge >= 0.3 is 5.97 Å². The Balaban J connectivity index is 2.93. The topological polar surface area (TPSA) is 57.6 Å². The van der Waals surface area contributed by atoms with Crippen LogP contribution in [-0.2, 0) is 9.59 Å². The first-order valence-electron chi connectivity index (χ1n) is 7.15. The molecule has 20 heavy (non-hydrogen) atoms. The van der Waals surface area contributed by atoms with Gasteiger partial charge in [-0.15, -0.1) is 0 Å². The third-order valence-corrected chi connectivity index (χ3v) is 3.21. The van der Waals surface area contributed by atoms with Crippen molar-refractivity contribution in [2.75, 3.05) is 13.1 Å². The minimum absolute atomic E-state index is 0.0812. The summed E-state index contributed by atoms with van der Waals surface area (Å²) in [5, 5.41) is 8.95. The molecule has 1 amide bonds. The van der Waals surface area contributed by atoms with Crippen molar-refractivity contribution in [2.45, 2.75) is 39.0 Å². The molecule has 0 aliphatic carbocycles. The summed E-state index contributed by atoms with van der Waals surface area (Å²) in [6.45, 7) is 4.24. The summed E-state index contributed by atoms with van der Waals surface area (Å²) in [4.78, 5) is 25.0. The molecule has 0 bridgehead atoms. The fourth-order valence-corrected chi connectivity index (χ4v) is 2.33. The second kappa shape index (κ2) is 8.35. The van der Waals surface area contributed by atoms with E-state index in [1.165, 1.54) is 4.90 Å². The highest BCUT2D eigenvalue weighted by Crippen LogP contribution is 2.23. The van der Waals surface area contributed by atoms with Gasteiger partial charge in [-0.3, -0.25) is 9.59 Å². The molecule has 1 atom stereocenters. The number of amides is 1. The lowest BCUT2D eigenvalue weighted by molar-refractivity contribution is -0.145. The van der Waals surface area contributed by atoms with Crippen LogP contribution in [0, 0.1) is 0 Å². The Morgan fingerprint density at radius 2 is 1.80 bits per heavy atom. The summed E-state index contributed by atoms with van der Waals surface area (Å²) >= 11 is 0. The second-order valence-corrected chi connectivity index (χ2v) is 4.91. The first-order chi connectivity index (χ1) is 9.60. The minimum atomic E-state index is -0.963. The zero-order valence-corrected chi connectivity index (χ0v) is 12.2. The van der Waals surface area contributed by atoms with Crippen LogP contribution >= 0.6 is 0 Å². The number of carbonyl (C=O) groups excluding carboxylic acids is 1. The smallest absolute Gasteiger partial charge is 0.323 e. The van der Waals surface area contributed by atoms with E-state index in [1.54, 1.807) is 0 Å². The number of hydrogen-bond donors (Lipinski definition) is 1.